The number of aliphatic imine (C=N–C) groups is 1. The van der Waals surface area contributed by atoms with E-state index in [0.717, 1.165) is 18.1 Å². The van der Waals surface area contributed by atoms with E-state index in [4.69, 9.17) is 11.6 Å². The third-order valence-corrected chi connectivity index (χ3v) is 4.16. The Kier molecular flexibility index (Phi) is 4.41. The standard InChI is InChI=1S/C14H18ClFN2S/c1-14(2,3)7-10-8-17-13(19-10)18-12-6-9(16)4-5-11(12)15/h4-6,10H,7-8H2,1-3H3,(H,17,18). The SMILES string of the molecule is CC(C)(C)CC1CN=C(Nc2cc(F)ccc2Cl)S1. The molecule has 5 heteroatoms. The van der Waals surface area contributed by atoms with Crippen molar-refractivity contribution in [2.24, 2.45) is 10.4 Å². The molecule has 0 saturated heterocycles. The molecular weight excluding hydrogens is 283 g/mol. The molecule has 0 aromatic heterocycles. The summed E-state index contributed by atoms with van der Waals surface area (Å²) in [7, 11) is 0. The van der Waals surface area contributed by atoms with Crippen molar-refractivity contribution < 1.29 is 4.39 Å². The predicted molar refractivity (Wildman–Crippen MR) is 82.8 cm³/mol. The minimum absolute atomic E-state index is 0.291. The van der Waals surface area contributed by atoms with Crippen LogP contribution in [0.4, 0.5) is 10.1 Å². The van der Waals surface area contributed by atoms with Crippen molar-refractivity contribution >= 4 is 34.2 Å². The molecule has 1 aromatic carbocycles. The van der Waals surface area contributed by atoms with Crippen molar-refractivity contribution in [1.29, 1.82) is 0 Å². The van der Waals surface area contributed by atoms with Crippen molar-refractivity contribution in [2.75, 3.05) is 11.9 Å². The van der Waals surface area contributed by atoms with Gasteiger partial charge in [0.05, 0.1) is 17.3 Å². The molecule has 1 aliphatic rings. The Morgan fingerprint density at radius 2 is 2.21 bits per heavy atom. The minimum Gasteiger partial charge on any atom is -0.334 e. The second-order valence-electron chi connectivity index (χ2n) is 5.90. The maximum Gasteiger partial charge on any atom is 0.161 e. The topological polar surface area (TPSA) is 24.4 Å². The van der Waals surface area contributed by atoms with E-state index in [1.165, 1.54) is 12.1 Å². The molecule has 1 heterocycles. The van der Waals surface area contributed by atoms with E-state index in [1.54, 1.807) is 17.8 Å². The molecule has 1 atom stereocenters. The lowest BCUT2D eigenvalue weighted by Gasteiger charge is -2.21. The van der Waals surface area contributed by atoms with Gasteiger partial charge in [0.2, 0.25) is 0 Å². The van der Waals surface area contributed by atoms with Crippen LogP contribution in [0.1, 0.15) is 27.2 Å². The van der Waals surface area contributed by atoms with E-state index >= 15 is 0 Å². The number of hydrogen-bond donors (Lipinski definition) is 1. The van der Waals surface area contributed by atoms with E-state index < -0.39 is 0 Å². The van der Waals surface area contributed by atoms with Gasteiger partial charge in [-0.25, -0.2) is 4.39 Å². The zero-order valence-corrected chi connectivity index (χ0v) is 12.9. The van der Waals surface area contributed by atoms with Crippen LogP contribution >= 0.6 is 23.4 Å². The van der Waals surface area contributed by atoms with Crippen LogP contribution in [0.25, 0.3) is 0 Å². The average molecular weight is 301 g/mol. The van der Waals surface area contributed by atoms with Crippen molar-refractivity contribution in [3.05, 3.63) is 29.0 Å². The summed E-state index contributed by atoms with van der Waals surface area (Å²) in [6, 6.07) is 4.29. The molecule has 0 spiro atoms. The molecule has 0 fully saturated rings. The van der Waals surface area contributed by atoms with Crippen LogP contribution in [0, 0.1) is 11.2 Å². The van der Waals surface area contributed by atoms with E-state index in [0.29, 0.717) is 21.4 Å². The van der Waals surface area contributed by atoms with Crippen LogP contribution in [0.2, 0.25) is 5.02 Å². The van der Waals surface area contributed by atoms with Gasteiger partial charge in [-0.05, 0) is 30.0 Å². The minimum atomic E-state index is -0.304. The van der Waals surface area contributed by atoms with Gasteiger partial charge >= 0.3 is 0 Å². The Balaban J connectivity index is 1.97. The Labute approximate surface area is 122 Å². The normalized spacial score (nSPS) is 19.4. The number of halogens is 2. The van der Waals surface area contributed by atoms with E-state index in [1.807, 2.05) is 0 Å². The number of anilines is 1. The first-order valence-electron chi connectivity index (χ1n) is 6.27. The number of hydrogen-bond acceptors (Lipinski definition) is 3. The summed E-state index contributed by atoms with van der Waals surface area (Å²) < 4.78 is 13.2. The second kappa shape index (κ2) is 5.71. The molecule has 0 aliphatic carbocycles. The number of amidine groups is 1. The van der Waals surface area contributed by atoms with Crippen molar-refractivity contribution in [1.82, 2.24) is 0 Å². The van der Waals surface area contributed by atoms with E-state index in [9.17, 15) is 4.39 Å². The lowest BCUT2D eigenvalue weighted by molar-refractivity contribution is 0.375. The lowest BCUT2D eigenvalue weighted by Crippen LogP contribution is -2.16. The summed E-state index contributed by atoms with van der Waals surface area (Å²) in [6.45, 7) is 7.48. The molecule has 0 amide bonds. The Hall–Kier alpha value is -0.740. The molecular formula is C14H18ClFN2S. The molecule has 1 unspecified atom stereocenters. The fraction of sp³-hybridized carbons (Fsp3) is 0.500. The Bertz CT molecular complexity index is 497. The van der Waals surface area contributed by atoms with Gasteiger partial charge in [-0.1, -0.05) is 44.1 Å². The predicted octanol–water partition coefficient (Wildman–Crippen LogP) is 4.80. The summed E-state index contributed by atoms with van der Waals surface area (Å²) in [4.78, 5) is 4.45. The first-order chi connectivity index (χ1) is 8.83. The maximum absolute atomic E-state index is 13.2. The summed E-state index contributed by atoms with van der Waals surface area (Å²) >= 11 is 7.73. The summed E-state index contributed by atoms with van der Waals surface area (Å²) in [5, 5.41) is 4.91. The molecule has 0 bridgehead atoms. The number of thioether (sulfide) groups is 1. The molecule has 1 aliphatic heterocycles. The first-order valence-corrected chi connectivity index (χ1v) is 7.52. The largest absolute Gasteiger partial charge is 0.334 e. The van der Waals surface area contributed by atoms with Gasteiger partial charge in [0.1, 0.15) is 5.82 Å². The van der Waals surface area contributed by atoms with Gasteiger partial charge < -0.3 is 5.32 Å². The molecule has 0 saturated carbocycles. The summed E-state index contributed by atoms with van der Waals surface area (Å²) in [6.07, 6.45) is 1.10. The van der Waals surface area contributed by atoms with Crippen LogP contribution in [0.3, 0.4) is 0 Å². The molecule has 2 rings (SSSR count). The van der Waals surface area contributed by atoms with Gasteiger partial charge in [0.15, 0.2) is 5.17 Å². The van der Waals surface area contributed by atoms with E-state index in [-0.39, 0.29) is 5.82 Å². The van der Waals surface area contributed by atoms with Gasteiger partial charge in [0, 0.05) is 5.25 Å². The quantitative estimate of drug-likeness (QED) is 0.848. The van der Waals surface area contributed by atoms with Crippen LogP contribution in [-0.2, 0) is 0 Å². The van der Waals surface area contributed by atoms with Crippen LogP contribution in [0.15, 0.2) is 23.2 Å². The fourth-order valence-electron chi connectivity index (χ4n) is 1.98. The zero-order chi connectivity index (χ0) is 14.0. The van der Waals surface area contributed by atoms with Gasteiger partial charge in [-0.3, -0.25) is 4.99 Å². The first kappa shape index (κ1) is 14.7. The monoisotopic (exact) mass is 300 g/mol. The van der Waals surface area contributed by atoms with Gasteiger partial charge in [-0.2, -0.15) is 0 Å². The number of nitrogens with one attached hydrogen (secondary N) is 1. The van der Waals surface area contributed by atoms with Gasteiger partial charge in [0.25, 0.3) is 0 Å². The van der Waals surface area contributed by atoms with Crippen LogP contribution < -0.4 is 5.32 Å². The molecule has 2 nitrogen and oxygen atoms in total. The molecule has 104 valence electrons. The Morgan fingerprint density at radius 3 is 2.89 bits per heavy atom. The third-order valence-electron chi connectivity index (χ3n) is 2.73. The highest BCUT2D eigenvalue weighted by Crippen LogP contribution is 2.33. The molecule has 19 heavy (non-hydrogen) atoms. The second-order valence-corrected chi connectivity index (χ2v) is 7.60. The van der Waals surface area contributed by atoms with E-state index in [2.05, 4.69) is 31.1 Å². The fourth-order valence-corrected chi connectivity index (χ4v) is 3.51. The van der Waals surface area contributed by atoms with Crippen molar-refractivity contribution in [2.45, 2.75) is 32.4 Å². The van der Waals surface area contributed by atoms with Crippen molar-refractivity contribution in [3.8, 4) is 0 Å². The summed E-state index contributed by atoms with van der Waals surface area (Å²) in [5.74, 6) is -0.304. The smallest absolute Gasteiger partial charge is 0.161 e. The lowest BCUT2D eigenvalue weighted by atomic mass is 9.90. The molecule has 0 radical (unpaired) electrons. The molecule has 1 aromatic rings. The maximum atomic E-state index is 13.2. The number of rotatable bonds is 2. The van der Waals surface area contributed by atoms with Crippen LogP contribution in [0.5, 0.6) is 0 Å². The highest BCUT2D eigenvalue weighted by molar-refractivity contribution is 8.15. The average Bonchev–Trinajstić information content (AvgIpc) is 2.68. The highest BCUT2D eigenvalue weighted by atomic mass is 35.5. The van der Waals surface area contributed by atoms with Crippen molar-refractivity contribution in [3.63, 3.8) is 0 Å². The zero-order valence-electron chi connectivity index (χ0n) is 11.3. The number of benzene rings is 1. The number of nitrogens with zero attached hydrogens (tertiary/aromatic N) is 1. The van der Waals surface area contributed by atoms with Crippen LogP contribution in [-0.4, -0.2) is 17.0 Å². The highest BCUT2D eigenvalue weighted by Gasteiger charge is 2.25. The summed E-state index contributed by atoms with van der Waals surface area (Å²) in [5.41, 5.74) is 0.864. The Morgan fingerprint density at radius 1 is 1.47 bits per heavy atom. The molecule has 1 N–H and O–H groups in total. The third kappa shape index (κ3) is 4.39. The van der Waals surface area contributed by atoms with Gasteiger partial charge in [-0.15, -0.1) is 0 Å².